The number of rotatable bonds is 13. The SMILES string of the molecule is O=C1CCC(N2C(=O)c3ccc(N4C5CCC4CN(CC4CCN(CCOc6ccc(C(=C(CCCl)c7ccccc7)c7ccccc7)cc6)CC4)C5)cc3C2=O)C(=O)N1. The Bertz CT molecular complexity index is 2240. The standard InChI is InChI=1S/C49H52ClN5O5/c50-24-21-41(34-7-3-1-4-8-34)46(35-9-5-2-6-10-35)36-11-16-40(17-12-36)60-28-27-52-25-22-33(23-26-52)30-53-31-38-13-14-39(32-53)54(38)37-15-18-42-43(29-37)49(59)55(48(42)58)44-19-20-45(56)51-47(44)57/h1-12,15-18,29,33,38-39,44H,13-14,19-28,30-32H2,(H,51,56,57). The summed E-state index contributed by atoms with van der Waals surface area (Å²) >= 11 is 6.35. The summed E-state index contributed by atoms with van der Waals surface area (Å²) in [5.74, 6) is 0.204. The third-order valence-electron chi connectivity index (χ3n) is 13.2. The van der Waals surface area contributed by atoms with Gasteiger partial charge in [0.1, 0.15) is 18.4 Å². The second-order valence-corrected chi connectivity index (χ2v) is 17.2. The third kappa shape index (κ3) is 8.25. The first-order valence-corrected chi connectivity index (χ1v) is 22.1. The molecule has 3 atom stereocenters. The van der Waals surface area contributed by atoms with Crippen LogP contribution in [0.25, 0.3) is 11.1 Å². The number of nitrogens with one attached hydrogen (secondary N) is 1. The number of halogens is 1. The minimum absolute atomic E-state index is 0.107. The normalized spacial score (nSPS) is 22.9. The monoisotopic (exact) mass is 825 g/mol. The van der Waals surface area contributed by atoms with Gasteiger partial charge in [-0.25, -0.2) is 0 Å². The predicted molar refractivity (Wildman–Crippen MR) is 234 cm³/mol. The molecule has 4 amide bonds. The summed E-state index contributed by atoms with van der Waals surface area (Å²) in [5, 5.41) is 2.27. The van der Waals surface area contributed by atoms with Crippen molar-refractivity contribution in [3.63, 3.8) is 0 Å². The Morgan fingerprint density at radius 2 is 1.35 bits per heavy atom. The van der Waals surface area contributed by atoms with Crippen molar-refractivity contribution in [2.45, 2.75) is 63.1 Å². The summed E-state index contributed by atoms with van der Waals surface area (Å²) in [7, 11) is 0. The highest BCUT2D eigenvalue weighted by molar-refractivity contribution is 6.23. The van der Waals surface area contributed by atoms with E-state index in [1.807, 2.05) is 18.2 Å². The van der Waals surface area contributed by atoms with Crippen molar-refractivity contribution >= 4 is 52.1 Å². The van der Waals surface area contributed by atoms with Gasteiger partial charge < -0.3 is 9.64 Å². The van der Waals surface area contributed by atoms with Crippen LogP contribution in [0.5, 0.6) is 5.75 Å². The van der Waals surface area contributed by atoms with E-state index in [1.165, 1.54) is 35.1 Å². The van der Waals surface area contributed by atoms with Crippen molar-refractivity contribution in [2.75, 3.05) is 56.7 Å². The van der Waals surface area contributed by atoms with E-state index in [1.54, 1.807) is 6.07 Å². The van der Waals surface area contributed by atoms with E-state index in [-0.39, 0.29) is 18.7 Å². The van der Waals surface area contributed by atoms with Crippen molar-refractivity contribution < 1.29 is 23.9 Å². The summed E-state index contributed by atoms with van der Waals surface area (Å²) in [6, 6.07) is 34.9. The predicted octanol–water partition coefficient (Wildman–Crippen LogP) is 7.12. The molecule has 5 aliphatic heterocycles. The van der Waals surface area contributed by atoms with Crippen LogP contribution in [0.15, 0.2) is 103 Å². The summed E-state index contributed by atoms with van der Waals surface area (Å²) in [6.45, 7) is 6.77. The maximum Gasteiger partial charge on any atom is 0.262 e. The van der Waals surface area contributed by atoms with Crippen molar-refractivity contribution in [3.8, 4) is 5.75 Å². The first-order chi connectivity index (χ1) is 29.3. The second-order valence-electron chi connectivity index (χ2n) is 16.9. The van der Waals surface area contributed by atoms with Crippen LogP contribution in [0.3, 0.4) is 0 Å². The molecule has 5 aliphatic rings. The molecule has 2 bridgehead atoms. The number of anilines is 1. The lowest BCUT2D eigenvalue weighted by Crippen LogP contribution is -2.55. The molecule has 4 fully saturated rings. The maximum absolute atomic E-state index is 13.5. The maximum atomic E-state index is 13.5. The van der Waals surface area contributed by atoms with Gasteiger partial charge in [0.25, 0.3) is 11.8 Å². The summed E-state index contributed by atoms with van der Waals surface area (Å²) in [5.41, 5.74) is 7.57. The van der Waals surface area contributed by atoms with E-state index in [9.17, 15) is 19.2 Å². The average Bonchev–Trinajstić information content (AvgIpc) is 3.68. The number of imide groups is 2. The Labute approximate surface area is 357 Å². The summed E-state index contributed by atoms with van der Waals surface area (Å²) in [4.78, 5) is 59.7. The van der Waals surface area contributed by atoms with E-state index in [4.69, 9.17) is 16.3 Å². The number of benzene rings is 4. The highest BCUT2D eigenvalue weighted by Gasteiger charge is 2.46. The van der Waals surface area contributed by atoms with Crippen LogP contribution in [0, 0.1) is 5.92 Å². The van der Waals surface area contributed by atoms with Crippen molar-refractivity contribution in [1.29, 1.82) is 0 Å². The van der Waals surface area contributed by atoms with Crippen molar-refractivity contribution in [1.82, 2.24) is 20.0 Å². The van der Waals surface area contributed by atoms with Gasteiger partial charge in [0.2, 0.25) is 11.8 Å². The van der Waals surface area contributed by atoms with Gasteiger partial charge in [-0.3, -0.25) is 39.2 Å². The number of piperazine rings is 1. The highest BCUT2D eigenvalue weighted by atomic mass is 35.5. The number of carbonyl (C=O) groups excluding carboxylic acids is 4. The molecule has 10 nitrogen and oxygen atoms in total. The molecule has 4 aromatic rings. The highest BCUT2D eigenvalue weighted by Crippen LogP contribution is 2.39. The molecule has 0 saturated carbocycles. The zero-order valence-electron chi connectivity index (χ0n) is 33.9. The quantitative estimate of drug-likeness (QED) is 0.0865. The molecular weight excluding hydrogens is 774 g/mol. The zero-order valence-corrected chi connectivity index (χ0v) is 34.7. The Hall–Kier alpha value is -5.29. The molecule has 9 rings (SSSR count). The fourth-order valence-corrected chi connectivity index (χ4v) is 10.4. The molecule has 0 aliphatic carbocycles. The number of hydrogen-bond acceptors (Lipinski definition) is 8. The van der Waals surface area contributed by atoms with Gasteiger partial charge >= 0.3 is 0 Å². The van der Waals surface area contributed by atoms with Gasteiger partial charge in [0.15, 0.2) is 0 Å². The molecule has 60 heavy (non-hydrogen) atoms. The zero-order chi connectivity index (χ0) is 41.2. The molecule has 1 N–H and O–H groups in total. The first-order valence-electron chi connectivity index (χ1n) is 21.6. The van der Waals surface area contributed by atoms with Crippen LogP contribution in [0.2, 0.25) is 0 Å². The van der Waals surface area contributed by atoms with Crippen LogP contribution < -0.4 is 15.0 Å². The summed E-state index contributed by atoms with van der Waals surface area (Å²) in [6.07, 6.45) is 5.58. The molecule has 4 saturated heterocycles. The largest absolute Gasteiger partial charge is 0.492 e. The number of amides is 4. The lowest BCUT2D eigenvalue weighted by molar-refractivity contribution is -0.136. The smallest absolute Gasteiger partial charge is 0.262 e. The van der Waals surface area contributed by atoms with E-state index >= 15 is 0 Å². The van der Waals surface area contributed by atoms with Gasteiger partial charge in [-0.1, -0.05) is 72.8 Å². The fraction of sp³-hybridized carbons (Fsp3) is 0.388. The molecule has 0 radical (unpaired) electrons. The van der Waals surface area contributed by atoms with Gasteiger partial charge in [0, 0.05) is 56.3 Å². The lowest BCUT2D eigenvalue weighted by atomic mass is 9.88. The van der Waals surface area contributed by atoms with Gasteiger partial charge in [0.05, 0.1) is 11.1 Å². The molecule has 4 aromatic carbocycles. The number of nitrogens with zero attached hydrogens (tertiary/aromatic N) is 4. The van der Waals surface area contributed by atoms with Gasteiger partial charge in [-0.15, -0.1) is 11.6 Å². The van der Waals surface area contributed by atoms with E-state index in [0.717, 1.165) is 80.4 Å². The average molecular weight is 826 g/mol. The van der Waals surface area contributed by atoms with Crippen LogP contribution in [0.4, 0.5) is 5.69 Å². The van der Waals surface area contributed by atoms with Crippen LogP contribution in [-0.4, -0.2) is 108 Å². The number of ether oxygens (including phenoxy) is 1. The molecule has 5 heterocycles. The number of hydrogen-bond donors (Lipinski definition) is 1. The number of piperidine rings is 2. The van der Waals surface area contributed by atoms with Crippen LogP contribution in [0.1, 0.15) is 82.4 Å². The number of carbonyl (C=O) groups is 4. The van der Waals surface area contributed by atoms with Crippen molar-refractivity contribution in [2.24, 2.45) is 5.92 Å². The van der Waals surface area contributed by atoms with E-state index in [2.05, 4.69) is 98.9 Å². The van der Waals surface area contributed by atoms with E-state index < -0.39 is 23.8 Å². The van der Waals surface area contributed by atoms with Crippen LogP contribution in [-0.2, 0) is 9.59 Å². The number of allylic oxidation sites excluding steroid dienone is 1. The Morgan fingerprint density at radius 1 is 0.700 bits per heavy atom. The number of alkyl halides is 1. The molecular formula is C49H52ClN5O5. The van der Waals surface area contributed by atoms with Crippen molar-refractivity contribution in [3.05, 3.63) is 131 Å². The number of likely N-dealkylation sites (tertiary alicyclic amines) is 2. The Morgan fingerprint density at radius 3 is 2.02 bits per heavy atom. The second kappa shape index (κ2) is 17.7. The Kier molecular flexibility index (Phi) is 11.9. The summed E-state index contributed by atoms with van der Waals surface area (Å²) < 4.78 is 6.29. The minimum Gasteiger partial charge on any atom is -0.492 e. The Balaban J connectivity index is 0.756. The van der Waals surface area contributed by atoms with Gasteiger partial charge in [-0.05, 0) is 116 Å². The lowest BCUT2D eigenvalue weighted by Gasteiger charge is -2.44. The van der Waals surface area contributed by atoms with E-state index in [0.29, 0.717) is 41.6 Å². The fourth-order valence-electron chi connectivity index (χ4n) is 10.2. The molecule has 0 aromatic heterocycles. The minimum atomic E-state index is -0.958. The molecule has 310 valence electrons. The topological polar surface area (TPSA) is 102 Å². The third-order valence-corrected chi connectivity index (χ3v) is 13.3. The molecule has 3 unspecified atom stereocenters. The molecule has 0 spiro atoms. The number of fused-ring (bicyclic) bond motifs is 3. The first kappa shape index (κ1) is 40.1. The van der Waals surface area contributed by atoms with Crippen LogP contribution >= 0.6 is 11.6 Å². The van der Waals surface area contributed by atoms with Gasteiger partial charge in [-0.2, -0.15) is 0 Å². The molecule has 11 heteroatoms.